The third-order valence-corrected chi connectivity index (χ3v) is 1.72. The van der Waals surface area contributed by atoms with Crippen LogP contribution in [0.2, 0.25) is 4.44 Å². The van der Waals surface area contributed by atoms with Crippen molar-refractivity contribution in [2.75, 3.05) is 0 Å². The quantitative estimate of drug-likeness (QED) is 0.721. The molecule has 2 radical (unpaired) electrons. The van der Waals surface area contributed by atoms with Gasteiger partial charge in [0.1, 0.15) is 0 Å². The van der Waals surface area contributed by atoms with E-state index in [0.717, 1.165) is 0 Å². The van der Waals surface area contributed by atoms with E-state index >= 15 is 0 Å². The Bertz CT molecular complexity index is 33.1. The van der Waals surface area contributed by atoms with Crippen LogP contribution in [0.4, 0.5) is 0 Å². The number of aliphatic hydroxyl groups is 1. The molecule has 0 aliphatic carbocycles. The maximum absolute atomic E-state index is 8.06. The first-order valence-corrected chi connectivity index (χ1v) is 5.86. The third-order valence-electron chi connectivity index (χ3n) is 0.558. The van der Waals surface area contributed by atoms with Gasteiger partial charge in [0.05, 0.1) is 0 Å². The minimum atomic E-state index is -0.167. The molecule has 0 aromatic heterocycles. The van der Waals surface area contributed by atoms with Gasteiger partial charge in [-0.15, -0.1) is 0 Å². The second kappa shape index (κ2) is 11.5. The fourth-order valence-electron chi connectivity index (χ4n) is 0.204. The van der Waals surface area contributed by atoms with Crippen LogP contribution < -0.4 is 0 Å². The number of hydrogen-bond donors (Lipinski definition) is 1. The number of rotatable bonds is 2. The Morgan fingerprint density at radius 3 is 1.78 bits per heavy atom. The predicted molar refractivity (Wildman–Crippen MR) is 44.2 cm³/mol. The van der Waals surface area contributed by atoms with Crippen molar-refractivity contribution in [2.45, 2.75) is 44.2 Å². The van der Waals surface area contributed by atoms with Crippen LogP contribution in [0.3, 0.4) is 0 Å². The van der Waals surface area contributed by atoms with Crippen molar-refractivity contribution >= 4 is 22.5 Å². The monoisotopic (exact) mass is 238 g/mol. The van der Waals surface area contributed by atoms with E-state index in [9.17, 15) is 0 Å². The molecule has 1 N–H and O–H groups in total. The van der Waals surface area contributed by atoms with Crippen LogP contribution in [-0.4, -0.2) is 33.7 Å². The van der Waals surface area contributed by atoms with E-state index in [4.69, 9.17) is 5.11 Å². The van der Waals surface area contributed by atoms with Crippen molar-refractivity contribution in [1.29, 1.82) is 0 Å². The molecule has 0 unspecified atom stereocenters. The van der Waals surface area contributed by atoms with Gasteiger partial charge in [-0.1, -0.05) is 0 Å². The van der Waals surface area contributed by atoms with E-state index in [1.54, 1.807) is 13.8 Å². The Morgan fingerprint density at radius 2 is 1.78 bits per heavy atom. The van der Waals surface area contributed by atoms with E-state index in [1.807, 2.05) is 0 Å². The zero-order valence-corrected chi connectivity index (χ0v) is 10.0. The van der Waals surface area contributed by atoms with E-state index < -0.39 is 0 Å². The molecule has 56 valence electrons. The van der Waals surface area contributed by atoms with Crippen LogP contribution in [0, 0.1) is 0 Å². The molecular formula is C7H18OSn. The van der Waals surface area contributed by atoms with E-state index in [2.05, 4.69) is 6.92 Å². The van der Waals surface area contributed by atoms with Gasteiger partial charge in [-0.25, -0.2) is 0 Å². The molecule has 0 saturated carbocycles. The van der Waals surface area contributed by atoms with Gasteiger partial charge < -0.3 is 5.11 Å². The second-order valence-electron chi connectivity index (χ2n) is 2.24. The summed E-state index contributed by atoms with van der Waals surface area (Å²) in [5.41, 5.74) is 0. The minimum absolute atomic E-state index is 0.167. The Kier molecular flexibility index (Phi) is 15.9. The molecule has 0 aromatic carbocycles. The van der Waals surface area contributed by atoms with Gasteiger partial charge in [-0.3, -0.25) is 0 Å². The number of hydrogen-bond acceptors (Lipinski definition) is 1. The molecule has 0 aliphatic heterocycles. The number of aliphatic hydroxyl groups excluding tert-OH is 1. The summed E-state index contributed by atoms with van der Waals surface area (Å²) in [6.07, 6.45) is 2.66. The van der Waals surface area contributed by atoms with Gasteiger partial charge >= 0.3 is 46.7 Å². The molecule has 0 aliphatic rings. The SMILES string of the molecule is CC(C)O.CCC[CH2][SnH]. The van der Waals surface area contributed by atoms with Crippen molar-refractivity contribution < 1.29 is 5.11 Å². The molecule has 0 saturated heterocycles. The van der Waals surface area contributed by atoms with Crippen LogP contribution >= 0.6 is 0 Å². The average molecular weight is 237 g/mol. The average Bonchev–Trinajstić information content (AvgIpc) is 1.66. The van der Waals surface area contributed by atoms with E-state index in [-0.39, 0.29) is 6.10 Å². The van der Waals surface area contributed by atoms with Gasteiger partial charge in [-0.05, 0) is 13.8 Å². The fraction of sp³-hybridized carbons (Fsp3) is 1.00. The summed E-state index contributed by atoms with van der Waals surface area (Å²) in [6, 6.07) is 0. The molecule has 2 heteroatoms. The van der Waals surface area contributed by atoms with Crippen LogP contribution in [0.1, 0.15) is 33.6 Å². The Hall–Kier alpha value is 0.759. The van der Waals surface area contributed by atoms with Crippen LogP contribution in [-0.2, 0) is 0 Å². The summed E-state index contributed by atoms with van der Waals surface area (Å²) in [5.74, 6) is 0. The Morgan fingerprint density at radius 1 is 1.44 bits per heavy atom. The van der Waals surface area contributed by atoms with Gasteiger partial charge in [0.15, 0.2) is 0 Å². The molecule has 9 heavy (non-hydrogen) atoms. The van der Waals surface area contributed by atoms with Crippen molar-refractivity contribution in [3.8, 4) is 0 Å². The molecule has 0 amide bonds. The normalized spacial score (nSPS) is 8.67. The molecule has 0 heterocycles. The first-order valence-electron chi connectivity index (χ1n) is 3.53. The van der Waals surface area contributed by atoms with Crippen molar-refractivity contribution in [3.05, 3.63) is 0 Å². The summed E-state index contributed by atoms with van der Waals surface area (Å²) in [7, 11) is 0. The zero-order chi connectivity index (χ0) is 7.70. The standard InChI is InChI=1S/C4H9.C3H8O.Sn.H/c1-3-4-2;1-3(2)4;;/h1,3-4H2,2H3;3-4H,1-2H3;;. The summed E-state index contributed by atoms with van der Waals surface area (Å²) < 4.78 is 1.47. The third kappa shape index (κ3) is 52.6. The molecule has 0 atom stereocenters. The van der Waals surface area contributed by atoms with Gasteiger partial charge in [-0.2, -0.15) is 0 Å². The fourth-order valence-corrected chi connectivity index (χ4v) is 1.37. The molecule has 0 spiro atoms. The predicted octanol–water partition coefficient (Wildman–Crippen LogP) is 1.49. The topological polar surface area (TPSA) is 20.2 Å². The summed E-state index contributed by atoms with van der Waals surface area (Å²) >= 11 is 1.45. The summed E-state index contributed by atoms with van der Waals surface area (Å²) in [5, 5.41) is 8.06. The maximum atomic E-state index is 8.06. The summed E-state index contributed by atoms with van der Waals surface area (Å²) in [6.45, 7) is 5.68. The van der Waals surface area contributed by atoms with Gasteiger partial charge in [0.25, 0.3) is 0 Å². The first kappa shape index (κ1) is 12.4. The van der Waals surface area contributed by atoms with Crippen LogP contribution in [0.5, 0.6) is 0 Å². The molecule has 0 bridgehead atoms. The van der Waals surface area contributed by atoms with Crippen molar-refractivity contribution in [2.24, 2.45) is 0 Å². The molecule has 0 fully saturated rings. The van der Waals surface area contributed by atoms with Gasteiger partial charge in [0.2, 0.25) is 0 Å². The van der Waals surface area contributed by atoms with Gasteiger partial charge in [0, 0.05) is 6.10 Å². The number of unbranched alkanes of at least 4 members (excludes halogenated alkanes) is 1. The zero-order valence-electron chi connectivity index (χ0n) is 6.72. The van der Waals surface area contributed by atoms with Crippen molar-refractivity contribution in [1.82, 2.24) is 0 Å². The molecule has 1 nitrogen and oxygen atoms in total. The molecule has 0 aromatic rings. The molecule has 0 rings (SSSR count). The van der Waals surface area contributed by atoms with E-state index in [0.29, 0.717) is 0 Å². The van der Waals surface area contributed by atoms with E-state index in [1.165, 1.54) is 39.8 Å². The molecular weight excluding hydrogens is 219 g/mol. The Balaban J connectivity index is 0. The second-order valence-corrected chi connectivity index (χ2v) is 3.88. The summed E-state index contributed by atoms with van der Waals surface area (Å²) in [4.78, 5) is 0. The first-order chi connectivity index (χ1) is 4.15. The van der Waals surface area contributed by atoms with Crippen LogP contribution in [0.15, 0.2) is 0 Å². The van der Waals surface area contributed by atoms with Crippen molar-refractivity contribution in [3.63, 3.8) is 0 Å². The Labute approximate surface area is 71.9 Å². The van der Waals surface area contributed by atoms with Crippen LogP contribution in [0.25, 0.3) is 0 Å².